The number of nitrogens with zero attached hydrogens (tertiary/aromatic N) is 2. The number of benzene rings is 1. The van der Waals surface area contributed by atoms with Crippen LogP contribution >= 0.6 is 11.6 Å². The topological polar surface area (TPSA) is 46.9 Å². The number of aryl methyl sites for hydroxylation is 1. The summed E-state index contributed by atoms with van der Waals surface area (Å²) in [6.45, 7) is 0.656. The quantitative estimate of drug-likeness (QED) is 0.924. The summed E-state index contributed by atoms with van der Waals surface area (Å²) >= 11 is 5.80. The van der Waals surface area contributed by atoms with Crippen LogP contribution < -0.4 is 5.32 Å². The predicted octanol–water partition coefficient (Wildman–Crippen LogP) is 2.42. The number of carbonyl (C=O) groups excluding carboxylic acids is 1. The summed E-state index contributed by atoms with van der Waals surface area (Å²) < 4.78 is 15.6. The summed E-state index contributed by atoms with van der Waals surface area (Å²) in [7, 11) is 0. The zero-order valence-electron chi connectivity index (χ0n) is 10.6. The van der Waals surface area contributed by atoms with Crippen LogP contribution in [0.3, 0.4) is 0 Å². The Hall–Kier alpha value is -1.88. The molecule has 0 radical (unpaired) electrons. The lowest BCUT2D eigenvalue weighted by Gasteiger charge is -2.24. The van der Waals surface area contributed by atoms with Gasteiger partial charge in [0.1, 0.15) is 11.6 Å². The molecule has 1 atom stereocenters. The van der Waals surface area contributed by atoms with Gasteiger partial charge in [0.05, 0.1) is 5.56 Å². The molecule has 2 aromatic rings. The molecule has 0 bridgehead atoms. The lowest BCUT2D eigenvalue weighted by molar-refractivity contribution is 0.0923. The minimum atomic E-state index is -0.564. The van der Waals surface area contributed by atoms with Gasteiger partial charge in [0, 0.05) is 36.4 Å². The second kappa shape index (κ2) is 5.25. The van der Waals surface area contributed by atoms with Gasteiger partial charge in [-0.3, -0.25) is 4.79 Å². The third kappa shape index (κ3) is 2.54. The van der Waals surface area contributed by atoms with E-state index in [9.17, 15) is 9.18 Å². The van der Waals surface area contributed by atoms with E-state index in [4.69, 9.17) is 11.6 Å². The molecule has 2 heterocycles. The molecule has 0 unspecified atom stereocenters. The lowest BCUT2D eigenvalue weighted by atomic mass is 10.1. The van der Waals surface area contributed by atoms with Crippen molar-refractivity contribution in [2.24, 2.45) is 0 Å². The molecule has 0 fully saturated rings. The number of rotatable bonds is 2. The van der Waals surface area contributed by atoms with Crippen molar-refractivity contribution >= 4 is 17.5 Å². The molecule has 0 aliphatic carbocycles. The molecule has 1 amide bonds. The molecule has 4 nitrogen and oxygen atoms in total. The fourth-order valence-electron chi connectivity index (χ4n) is 2.42. The first-order chi connectivity index (χ1) is 9.63. The number of amides is 1. The average Bonchev–Trinajstić information content (AvgIpc) is 2.89. The monoisotopic (exact) mass is 293 g/mol. The first-order valence-electron chi connectivity index (χ1n) is 6.39. The number of nitrogens with one attached hydrogen (secondary N) is 1. The average molecular weight is 294 g/mol. The fourth-order valence-corrected chi connectivity index (χ4v) is 2.59. The van der Waals surface area contributed by atoms with Gasteiger partial charge in [-0.05, 0) is 24.6 Å². The van der Waals surface area contributed by atoms with Crippen LogP contribution in [0.25, 0.3) is 0 Å². The first-order valence-corrected chi connectivity index (χ1v) is 6.77. The van der Waals surface area contributed by atoms with E-state index in [1.54, 1.807) is 6.20 Å². The Labute approximate surface area is 120 Å². The van der Waals surface area contributed by atoms with Crippen molar-refractivity contribution in [1.82, 2.24) is 14.9 Å². The van der Waals surface area contributed by atoms with E-state index in [0.717, 1.165) is 18.7 Å². The summed E-state index contributed by atoms with van der Waals surface area (Å²) in [6, 6.07) is 3.94. The van der Waals surface area contributed by atoms with Crippen molar-refractivity contribution in [3.05, 3.63) is 52.8 Å². The Bertz CT molecular complexity index is 656. The van der Waals surface area contributed by atoms with E-state index >= 15 is 0 Å². The van der Waals surface area contributed by atoms with Gasteiger partial charge < -0.3 is 9.88 Å². The second-order valence-electron chi connectivity index (χ2n) is 4.83. The fraction of sp³-hybridized carbons (Fsp3) is 0.286. The molecule has 0 saturated heterocycles. The highest BCUT2D eigenvalue weighted by Gasteiger charge is 2.22. The minimum absolute atomic E-state index is 0.0195. The maximum Gasteiger partial charge on any atom is 0.254 e. The number of imidazole rings is 1. The number of fused-ring (bicyclic) bond motifs is 1. The molecule has 20 heavy (non-hydrogen) atoms. The summed E-state index contributed by atoms with van der Waals surface area (Å²) in [5, 5.41) is 3.19. The number of hydrogen-bond donors (Lipinski definition) is 1. The van der Waals surface area contributed by atoms with E-state index in [1.165, 1.54) is 18.2 Å². The highest BCUT2D eigenvalue weighted by molar-refractivity contribution is 6.31. The minimum Gasteiger partial charge on any atom is -0.347 e. The van der Waals surface area contributed by atoms with E-state index in [2.05, 4.69) is 10.3 Å². The van der Waals surface area contributed by atoms with Crippen molar-refractivity contribution in [1.29, 1.82) is 0 Å². The van der Waals surface area contributed by atoms with E-state index in [0.29, 0.717) is 11.6 Å². The van der Waals surface area contributed by atoms with Crippen molar-refractivity contribution < 1.29 is 9.18 Å². The van der Waals surface area contributed by atoms with Gasteiger partial charge in [0.15, 0.2) is 0 Å². The Balaban J connectivity index is 1.72. The van der Waals surface area contributed by atoms with Crippen molar-refractivity contribution in [3.8, 4) is 0 Å². The molecule has 1 N–H and O–H groups in total. The number of halogens is 2. The van der Waals surface area contributed by atoms with Crippen molar-refractivity contribution in [2.45, 2.75) is 25.4 Å². The van der Waals surface area contributed by atoms with Gasteiger partial charge in [-0.25, -0.2) is 9.37 Å². The number of aromatic nitrogens is 2. The third-order valence-electron chi connectivity index (χ3n) is 3.44. The van der Waals surface area contributed by atoms with Gasteiger partial charge >= 0.3 is 0 Å². The Kier molecular flexibility index (Phi) is 3.44. The van der Waals surface area contributed by atoms with Crippen LogP contribution in [-0.2, 0) is 13.0 Å². The zero-order valence-corrected chi connectivity index (χ0v) is 11.4. The van der Waals surface area contributed by atoms with Crippen LogP contribution in [0.1, 0.15) is 22.6 Å². The largest absolute Gasteiger partial charge is 0.347 e. The van der Waals surface area contributed by atoms with Gasteiger partial charge in [0.25, 0.3) is 5.91 Å². The van der Waals surface area contributed by atoms with Crippen LogP contribution in [0, 0.1) is 5.82 Å². The van der Waals surface area contributed by atoms with E-state index in [1.807, 2.05) is 10.8 Å². The summed E-state index contributed by atoms with van der Waals surface area (Å²) in [5.41, 5.74) is -0.0195. The Morgan fingerprint density at radius 2 is 2.35 bits per heavy atom. The molecular formula is C14H13ClFN3O. The summed E-state index contributed by atoms with van der Waals surface area (Å²) in [4.78, 5) is 16.3. The smallest absolute Gasteiger partial charge is 0.254 e. The predicted molar refractivity (Wildman–Crippen MR) is 73.2 cm³/mol. The molecule has 0 saturated carbocycles. The van der Waals surface area contributed by atoms with Crippen LogP contribution in [0.2, 0.25) is 5.02 Å². The van der Waals surface area contributed by atoms with Gasteiger partial charge in [0.2, 0.25) is 0 Å². The van der Waals surface area contributed by atoms with Gasteiger partial charge in [-0.2, -0.15) is 0 Å². The van der Waals surface area contributed by atoms with Crippen LogP contribution in [-0.4, -0.2) is 21.5 Å². The summed E-state index contributed by atoms with van der Waals surface area (Å²) in [6.07, 6.45) is 5.23. The number of carbonyl (C=O) groups is 1. The molecule has 1 aromatic heterocycles. The summed E-state index contributed by atoms with van der Waals surface area (Å²) in [5.74, 6) is 0.0222. The Morgan fingerprint density at radius 3 is 3.20 bits per heavy atom. The molecule has 0 spiro atoms. The maximum atomic E-state index is 13.6. The standard InChI is InChI=1S/C14H13ClFN3O/c15-9-1-3-12(16)11(7-9)14(20)18-10-2-4-13-17-5-6-19(13)8-10/h1,3,5-7,10H,2,4,8H2,(H,18,20)/t10-/m0/s1. The lowest BCUT2D eigenvalue weighted by Crippen LogP contribution is -2.41. The van der Waals surface area contributed by atoms with E-state index in [-0.39, 0.29) is 11.6 Å². The van der Waals surface area contributed by atoms with Gasteiger partial charge in [-0.1, -0.05) is 11.6 Å². The van der Waals surface area contributed by atoms with Gasteiger partial charge in [-0.15, -0.1) is 0 Å². The molecule has 3 rings (SSSR count). The SMILES string of the molecule is O=C(N[C@H]1CCc2nccn2C1)c1cc(Cl)ccc1F. The number of hydrogen-bond acceptors (Lipinski definition) is 2. The molecule has 1 aromatic carbocycles. The highest BCUT2D eigenvalue weighted by atomic mass is 35.5. The second-order valence-corrected chi connectivity index (χ2v) is 5.27. The third-order valence-corrected chi connectivity index (χ3v) is 3.68. The van der Waals surface area contributed by atoms with Crippen LogP contribution in [0.15, 0.2) is 30.6 Å². The highest BCUT2D eigenvalue weighted by Crippen LogP contribution is 2.17. The molecule has 1 aliphatic rings. The first kappa shape index (κ1) is 13.1. The zero-order chi connectivity index (χ0) is 14.1. The van der Waals surface area contributed by atoms with E-state index < -0.39 is 11.7 Å². The normalized spacial score (nSPS) is 17.6. The molecule has 1 aliphatic heterocycles. The van der Waals surface area contributed by atoms with Crippen LogP contribution in [0.5, 0.6) is 0 Å². The Morgan fingerprint density at radius 1 is 1.50 bits per heavy atom. The van der Waals surface area contributed by atoms with Crippen LogP contribution in [0.4, 0.5) is 4.39 Å². The van der Waals surface area contributed by atoms with Crippen molar-refractivity contribution in [2.75, 3.05) is 0 Å². The molecular weight excluding hydrogens is 281 g/mol. The maximum absolute atomic E-state index is 13.6. The molecule has 104 valence electrons. The molecule has 6 heteroatoms. The van der Waals surface area contributed by atoms with Crippen molar-refractivity contribution in [3.63, 3.8) is 0 Å².